The van der Waals surface area contributed by atoms with E-state index in [1.807, 2.05) is 0 Å². The van der Waals surface area contributed by atoms with Crippen LogP contribution < -0.4 is 4.90 Å². The number of aromatic nitrogens is 2. The normalized spacial score (nSPS) is 23.9. The number of likely N-dealkylation sites (tertiary alicyclic amines) is 1. The third kappa shape index (κ3) is 3.85. The lowest BCUT2D eigenvalue weighted by atomic mass is 9.83. The summed E-state index contributed by atoms with van der Waals surface area (Å²) in [6.45, 7) is 15.1. The maximum absolute atomic E-state index is 4.55. The molecule has 0 bridgehead atoms. The summed E-state index contributed by atoms with van der Waals surface area (Å²) < 4.78 is 0. The van der Waals surface area contributed by atoms with Crippen LogP contribution in [0.5, 0.6) is 0 Å². The Labute approximate surface area is 141 Å². The van der Waals surface area contributed by atoms with Crippen molar-refractivity contribution in [2.75, 3.05) is 37.6 Å². The molecule has 2 aliphatic heterocycles. The first-order valence-electron chi connectivity index (χ1n) is 9.30. The van der Waals surface area contributed by atoms with Gasteiger partial charge in [0.05, 0.1) is 0 Å². The third-order valence-electron chi connectivity index (χ3n) is 5.76. The molecule has 23 heavy (non-hydrogen) atoms. The van der Waals surface area contributed by atoms with Gasteiger partial charge in [0.1, 0.15) is 12.1 Å². The van der Waals surface area contributed by atoms with Crippen molar-refractivity contribution in [3.8, 4) is 0 Å². The molecule has 0 spiro atoms. The van der Waals surface area contributed by atoms with E-state index < -0.39 is 0 Å². The van der Waals surface area contributed by atoms with Crippen LogP contribution in [0.3, 0.4) is 0 Å². The molecule has 4 nitrogen and oxygen atoms in total. The largest absolute Gasteiger partial charge is 0.356 e. The summed E-state index contributed by atoms with van der Waals surface area (Å²) in [7, 11) is 0. The van der Waals surface area contributed by atoms with Gasteiger partial charge < -0.3 is 9.80 Å². The Kier molecular flexibility index (Phi) is 5.20. The Balaban J connectivity index is 1.55. The highest BCUT2D eigenvalue weighted by Gasteiger charge is 2.33. The highest BCUT2D eigenvalue weighted by Crippen LogP contribution is 2.34. The molecular weight excluding hydrogens is 284 g/mol. The van der Waals surface area contributed by atoms with Crippen LogP contribution in [0.1, 0.15) is 44.4 Å². The monoisotopic (exact) mass is 316 g/mol. The first-order chi connectivity index (χ1) is 11.0. The molecular formula is C19H32N4. The Morgan fingerprint density at radius 1 is 1.04 bits per heavy atom. The molecule has 128 valence electrons. The fourth-order valence-electron chi connectivity index (χ4n) is 4.33. The van der Waals surface area contributed by atoms with Gasteiger partial charge in [-0.2, -0.15) is 0 Å². The molecule has 0 saturated carbocycles. The zero-order valence-corrected chi connectivity index (χ0v) is 15.3. The number of rotatable bonds is 4. The molecule has 4 heteroatoms. The second kappa shape index (κ2) is 7.16. The molecule has 1 aromatic rings. The number of aryl methyl sites for hydroxylation is 1. The minimum Gasteiger partial charge on any atom is -0.356 e. The van der Waals surface area contributed by atoms with Crippen LogP contribution in [0.4, 0.5) is 5.82 Å². The maximum Gasteiger partial charge on any atom is 0.135 e. The van der Waals surface area contributed by atoms with Gasteiger partial charge in [0.25, 0.3) is 0 Å². The van der Waals surface area contributed by atoms with E-state index in [9.17, 15) is 0 Å². The molecule has 0 aliphatic carbocycles. The number of anilines is 1. The number of piperidine rings is 1. The average molecular weight is 316 g/mol. The summed E-state index contributed by atoms with van der Waals surface area (Å²) >= 11 is 0. The lowest BCUT2D eigenvalue weighted by Gasteiger charge is -2.35. The van der Waals surface area contributed by atoms with Gasteiger partial charge in [-0.15, -0.1) is 0 Å². The predicted molar refractivity (Wildman–Crippen MR) is 95.8 cm³/mol. The fraction of sp³-hybridized carbons (Fsp3) is 0.789. The van der Waals surface area contributed by atoms with Gasteiger partial charge in [-0.3, -0.25) is 0 Å². The minimum absolute atomic E-state index is 0.789. The highest BCUT2D eigenvalue weighted by molar-refractivity contribution is 5.48. The van der Waals surface area contributed by atoms with Crippen LogP contribution in [-0.2, 0) is 0 Å². The SMILES string of the molecule is Cc1ncnc(N2CCC(C3CCN(CC(C)C)CC3)C2)c1C. The Morgan fingerprint density at radius 3 is 2.43 bits per heavy atom. The number of nitrogens with zero attached hydrogens (tertiary/aromatic N) is 4. The first kappa shape index (κ1) is 16.7. The van der Waals surface area contributed by atoms with Gasteiger partial charge >= 0.3 is 0 Å². The van der Waals surface area contributed by atoms with Crippen molar-refractivity contribution in [3.05, 3.63) is 17.6 Å². The van der Waals surface area contributed by atoms with Gasteiger partial charge in [0.15, 0.2) is 0 Å². The molecule has 0 radical (unpaired) electrons. The van der Waals surface area contributed by atoms with E-state index >= 15 is 0 Å². The molecule has 1 unspecified atom stereocenters. The van der Waals surface area contributed by atoms with Crippen molar-refractivity contribution in [2.45, 2.75) is 47.0 Å². The number of hydrogen-bond acceptors (Lipinski definition) is 4. The van der Waals surface area contributed by atoms with Crippen molar-refractivity contribution in [2.24, 2.45) is 17.8 Å². The molecule has 2 aliphatic rings. The Morgan fingerprint density at radius 2 is 1.74 bits per heavy atom. The van der Waals surface area contributed by atoms with Crippen molar-refractivity contribution in [1.82, 2.24) is 14.9 Å². The summed E-state index contributed by atoms with van der Waals surface area (Å²) in [5.74, 6) is 3.72. The van der Waals surface area contributed by atoms with E-state index in [4.69, 9.17) is 0 Å². The molecule has 3 rings (SSSR count). The molecule has 2 fully saturated rings. The summed E-state index contributed by atoms with van der Waals surface area (Å²) in [5.41, 5.74) is 2.36. The molecule has 0 N–H and O–H groups in total. The zero-order valence-electron chi connectivity index (χ0n) is 15.3. The van der Waals surface area contributed by atoms with E-state index in [2.05, 4.69) is 47.5 Å². The zero-order chi connectivity index (χ0) is 16.4. The predicted octanol–water partition coefficient (Wildman–Crippen LogP) is 3.29. The standard InChI is InChI=1S/C19H32N4/c1-14(2)11-22-8-5-17(6-9-22)18-7-10-23(12-18)19-15(3)16(4)20-13-21-19/h13-14,17-18H,5-12H2,1-4H3. The van der Waals surface area contributed by atoms with Crippen LogP contribution >= 0.6 is 0 Å². The Hall–Kier alpha value is -1.16. The van der Waals surface area contributed by atoms with E-state index in [1.165, 1.54) is 51.0 Å². The summed E-state index contributed by atoms with van der Waals surface area (Å²) in [6.07, 6.45) is 5.81. The average Bonchev–Trinajstić information content (AvgIpc) is 3.00. The second-order valence-electron chi connectivity index (χ2n) is 7.93. The van der Waals surface area contributed by atoms with Crippen molar-refractivity contribution in [3.63, 3.8) is 0 Å². The minimum atomic E-state index is 0.789. The quantitative estimate of drug-likeness (QED) is 0.853. The Bertz CT molecular complexity index is 520. The van der Waals surface area contributed by atoms with Gasteiger partial charge in [0.2, 0.25) is 0 Å². The van der Waals surface area contributed by atoms with Crippen LogP contribution in [-0.4, -0.2) is 47.6 Å². The molecule has 0 aromatic carbocycles. The summed E-state index contributed by atoms with van der Waals surface area (Å²) in [6, 6.07) is 0. The molecule has 1 aromatic heterocycles. The lowest BCUT2D eigenvalue weighted by Crippen LogP contribution is -2.38. The second-order valence-corrected chi connectivity index (χ2v) is 7.93. The van der Waals surface area contributed by atoms with E-state index in [0.29, 0.717) is 0 Å². The van der Waals surface area contributed by atoms with Crippen molar-refractivity contribution >= 4 is 5.82 Å². The van der Waals surface area contributed by atoms with Crippen molar-refractivity contribution in [1.29, 1.82) is 0 Å². The van der Waals surface area contributed by atoms with Crippen LogP contribution in [0, 0.1) is 31.6 Å². The van der Waals surface area contributed by atoms with Crippen LogP contribution in [0.2, 0.25) is 0 Å². The van der Waals surface area contributed by atoms with E-state index in [0.717, 1.165) is 35.8 Å². The number of hydrogen-bond donors (Lipinski definition) is 0. The van der Waals surface area contributed by atoms with Crippen LogP contribution in [0.25, 0.3) is 0 Å². The van der Waals surface area contributed by atoms with Gasteiger partial charge in [-0.25, -0.2) is 9.97 Å². The topological polar surface area (TPSA) is 32.3 Å². The summed E-state index contributed by atoms with van der Waals surface area (Å²) in [5, 5.41) is 0. The molecule has 3 heterocycles. The van der Waals surface area contributed by atoms with Crippen molar-refractivity contribution < 1.29 is 0 Å². The highest BCUT2D eigenvalue weighted by atomic mass is 15.2. The van der Waals surface area contributed by atoms with Gasteiger partial charge in [0, 0.05) is 30.9 Å². The van der Waals surface area contributed by atoms with E-state index in [1.54, 1.807) is 6.33 Å². The fourth-order valence-corrected chi connectivity index (χ4v) is 4.33. The smallest absolute Gasteiger partial charge is 0.135 e. The molecule has 1 atom stereocenters. The molecule has 2 saturated heterocycles. The van der Waals surface area contributed by atoms with Gasteiger partial charge in [-0.1, -0.05) is 13.8 Å². The lowest BCUT2D eigenvalue weighted by molar-refractivity contribution is 0.141. The summed E-state index contributed by atoms with van der Waals surface area (Å²) in [4.78, 5) is 14.0. The van der Waals surface area contributed by atoms with Crippen LogP contribution in [0.15, 0.2) is 6.33 Å². The van der Waals surface area contributed by atoms with E-state index in [-0.39, 0.29) is 0 Å². The third-order valence-corrected chi connectivity index (χ3v) is 5.76. The molecule has 0 amide bonds. The first-order valence-corrected chi connectivity index (χ1v) is 9.30. The van der Waals surface area contributed by atoms with Gasteiger partial charge in [-0.05, 0) is 64.0 Å². The maximum atomic E-state index is 4.55.